The molecular formula is C15H18N2O4S. The van der Waals surface area contributed by atoms with Gasteiger partial charge in [0.2, 0.25) is 10.0 Å². The average Bonchev–Trinajstić information content (AvgIpc) is 2.48. The van der Waals surface area contributed by atoms with Gasteiger partial charge in [-0.15, -0.1) is 0 Å². The topological polar surface area (TPSA) is 76.8 Å². The highest BCUT2D eigenvalue weighted by molar-refractivity contribution is 7.88. The molecule has 2 rings (SSSR count). The lowest BCUT2D eigenvalue weighted by Crippen LogP contribution is -2.51. The first-order valence-electron chi connectivity index (χ1n) is 7.08. The number of nitrogens with zero attached hydrogens (tertiary/aromatic N) is 1. The van der Waals surface area contributed by atoms with E-state index in [0.717, 1.165) is 19.3 Å². The zero-order valence-corrected chi connectivity index (χ0v) is 12.9. The molecule has 1 aliphatic carbocycles. The van der Waals surface area contributed by atoms with Crippen LogP contribution in [0.3, 0.4) is 0 Å². The summed E-state index contributed by atoms with van der Waals surface area (Å²) in [5.41, 5.74) is -0.0749. The first-order valence-corrected chi connectivity index (χ1v) is 8.73. The molecule has 1 aromatic rings. The SMILES string of the molecule is [C-]#[N+]c1ccc(CS(=O)(=O)NC2(OC=O)CCCCC2)cc1. The number of benzene rings is 1. The van der Waals surface area contributed by atoms with E-state index in [1.54, 1.807) is 24.3 Å². The van der Waals surface area contributed by atoms with E-state index in [9.17, 15) is 13.2 Å². The van der Waals surface area contributed by atoms with Crippen LogP contribution >= 0.6 is 0 Å². The molecular weight excluding hydrogens is 304 g/mol. The summed E-state index contributed by atoms with van der Waals surface area (Å²) >= 11 is 0. The van der Waals surface area contributed by atoms with Crippen molar-refractivity contribution in [1.29, 1.82) is 0 Å². The molecule has 1 aliphatic rings. The Labute approximate surface area is 130 Å². The number of rotatable bonds is 6. The third kappa shape index (κ3) is 4.29. The molecule has 0 saturated heterocycles. The summed E-state index contributed by atoms with van der Waals surface area (Å²) in [6.07, 6.45) is 3.61. The van der Waals surface area contributed by atoms with Gasteiger partial charge in [-0.05, 0) is 18.4 Å². The van der Waals surface area contributed by atoms with E-state index in [-0.39, 0.29) is 5.75 Å². The minimum Gasteiger partial charge on any atom is -0.445 e. The van der Waals surface area contributed by atoms with Gasteiger partial charge in [-0.3, -0.25) is 4.79 Å². The lowest BCUT2D eigenvalue weighted by atomic mass is 9.92. The van der Waals surface area contributed by atoms with Crippen molar-refractivity contribution in [3.63, 3.8) is 0 Å². The number of nitrogens with one attached hydrogen (secondary N) is 1. The zero-order valence-electron chi connectivity index (χ0n) is 12.1. The summed E-state index contributed by atoms with van der Waals surface area (Å²) in [5, 5.41) is 0. The molecule has 0 unspecified atom stereocenters. The maximum Gasteiger partial charge on any atom is 0.294 e. The molecule has 0 radical (unpaired) electrons. The van der Waals surface area contributed by atoms with Crippen molar-refractivity contribution in [2.24, 2.45) is 0 Å². The first kappa shape index (κ1) is 16.5. The molecule has 0 aromatic heterocycles. The Morgan fingerprint density at radius 1 is 1.23 bits per heavy atom. The third-order valence-electron chi connectivity index (χ3n) is 3.70. The van der Waals surface area contributed by atoms with Crippen molar-refractivity contribution in [2.45, 2.75) is 43.6 Å². The van der Waals surface area contributed by atoms with Gasteiger partial charge in [0.05, 0.1) is 12.3 Å². The maximum atomic E-state index is 12.3. The van der Waals surface area contributed by atoms with Crippen LogP contribution in [-0.4, -0.2) is 20.6 Å². The van der Waals surface area contributed by atoms with E-state index in [4.69, 9.17) is 11.3 Å². The second-order valence-corrected chi connectivity index (χ2v) is 7.13. The minimum atomic E-state index is -3.65. The van der Waals surface area contributed by atoms with Crippen LogP contribution in [0.1, 0.15) is 37.7 Å². The molecule has 0 bridgehead atoms. The molecule has 0 atom stereocenters. The van der Waals surface area contributed by atoms with E-state index in [0.29, 0.717) is 30.6 Å². The first-order chi connectivity index (χ1) is 10.5. The lowest BCUT2D eigenvalue weighted by molar-refractivity contribution is -0.148. The highest BCUT2D eigenvalue weighted by Gasteiger charge is 2.37. The summed E-state index contributed by atoms with van der Waals surface area (Å²) in [6.45, 7) is 7.18. The highest BCUT2D eigenvalue weighted by atomic mass is 32.2. The number of hydrogen-bond donors (Lipinski definition) is 1. The second kappa shape index (κ2) is 6.90. The monoisotopic (exact) mass is 322 g/mol. The fourth-order valence-electron chi connectivity index (χ4n) is 2.66. The lowest BCUT2D eigenvalue weighted by Gasteiger charge is -2.35. The number of carbonyl (C=O) groups excluding carboxylic acids is 1. The Kier molecular flexibility index (Phi) is 5.16. The molecule has 1 aromatic carbocycles. The van der Waals surface area contributed by atoms with Crippen molar-refractivity contribution in [3.05, 3.63) is 41.2 Å². The molecule has 1 fully saturated rings. The Morgan fingerprint density at radius 2 is 1.86 bits per heavy atom. The van der Waals surface area contributed by atoms with Crippen molar-refractivity contribution in [2.75, 3.05) is 0 Å². The number of ether oxygens (including phenoxy) is 1. The smallest absolute Gasteiger partial charge is 0.294 e. The molecule has 0 aliphatic heterocycles. The standard InChI is InChI=1S/C15H18N2O4S/c1-16-14-7-5-13(6-8-14)11-22(19,20)17-15(21-12-18)9-3-2-4-10-15/h5-8,12,17H,2-4,9-11H2. The minimum absolute atomic E-state index is 0.213. The molecule has 118 valence electrons. The average molecular weight is 322 g/mol. The van der Waals surface area contributed by atoms with Crippen LogP contribution in [0.15, 0.2) is 24.3 Å². The molecule has 6 nitrogen and oxygen atoms in total. The predicted octanol–water partition coefficient (Wildman–Crippen LogP) is 2.49. The Morgan fingerprint density at radius 3 is 2.41 bits per heavy atom. The van der Waals surface area contributed by atoms with Crippen LogP contribution < -0.4 is 4.72 Å². The van der Waals surface area contributed by atoms with Crippen molar-refractivity contribution in [1.82, 2.24) is 4.72 Å². The van der Waals surface area contributed by atoms with E-state index in [2.05, 4.69) is 9.57 Å². The molecule has 22 heavy (non-hydrogen) atoms. The largest absolute Gasteiger partial charge is 0.445 e. The number of sulfonamides is 1. The second-order valence-electron chi connectivity index (χ2n) is 5.41. The van der Waals surface area contributed by atoms with E-state index in [1.165, 1.54) is 0 Å². The summed E-state index contributed by atoms with van der Waals surface area (Å²) in [7, 11) is -3.65. The van der Waals surface area contributed by atoms with Gasteiger partial charge in [0.25, 0.3) is 6.47 Å². The molecule has 0 amide bonds. The van der Waals surface area contributed by atoms with Crippen molar-refractivity contribution in [3.8, 4) is 0 Å². The molecule has 7 heteroatoms. The van der Waals surface area contributed by atoms with E-state index < -0.39 is 15.7 Å². The fourth-order valence-corrected chi connectivity index (χ4v) is 4.19. The van der Waals surface area contributed by atoms with E-state index in [1.807, 2.05) is 0 Å². The predicted molar refractivity (Wildman–Crippen MR) is 81.4 cm³/mol. The van der Waals surface area contributed by atoms with Crippen LogP contribution in [0.25, 0.3) is 4.85 Å². The van der Waals surface area contributed by atoms with Gasteiger partial charge in [0.15, 0.2) is 11.4 Å². The van der Waals surface area contributed by atoms with Gasteiger partial charge in [-0.1, -0.05) is 30.7 Å². The van der Waals surface area contributed by atoms with Crippen LogP contribution in [0.4, 0.5) is 5.69 Å². The van der Waals surface area contributed by atoms with E-state index >= 15 is 0 Å². The number of carbonyl (C=O) groups is 1. The van der Waals surface area contributed by atoms with Crippen molar-refractivity contribution >= 4 is 22.2 Å². The van der Waals surface area contributed by atoms with Gasteiger partial charge < -0.3 is 4.74 Å². The fraction of sp³-hybridized carbons (Fsp3) is 0.467. The summed E-state index contributed by atoms with van der Waals surface area (Å²) in [6, 6.07) is 6.38. The van der Waals surface area contributed by atoms with Crippen LogP contribution in [0, 0.1) is 6.57 Å². The normalized spacial score (nSPS) is 17.4. The van der Waals surface area contributed by atoms with Crippen LogP contribution in [0.5, 0.6) is 0 Å². The molecule has 1 saturated carbocycles. The molecule has 0 spiro atoms. The van der Waals surface area contributed by atoms with Gasteiger partial charge in [-0.2, -0.15) is 4.72 Å². The van der Waals surface area contributed by atoms with Gasteiger partial charge in [0.1, 0.15) is 0 Å². The van der Waals surface area contributed by atoms with Gasteiger partial charge in [-0.25, -0.2) is 13.3 Å². The quantitative estimate of drug-likeness (QED) is 0.496. The van der Waals surface area contributed by atoms with Gasteiger partial charge in [0, 0.05) is 12.8 Å². The number of hydrogen-bond acceptors (Lipinski definition) is 4. The maximum absolute atomic E-state index is 12.3. The Hall–Kier alpha value is -1.91. The summed E-state index contributed by atoms with van der Waals surface area (Å²) < 4.78 is 32.3. The third-order valence-corrected chi connectivity index (χ3v) is 5.09. The zero-order chi connectivity index (χ0) is 16.1. The summed E-state index contributed by atoms with van der Waals surface area (Å²) in [4.78, 5) is 14.0. The Bertz CT molecular complexity index is 656. The van der Waals surface area contributed by atoms with Crippen LogP contribution in [-0.2, 0) is 25.3 Å². The highest BCUT2D eigenvalue weighted by Crippen LogP contribution is 2.30. The Balaban J connectivity index is 2.11. The molecule has 1 N–H and O–H groups in total. The summed E-state index contributed by atoms with van der Waals surface area (Å²) in [5.74, 6) is -0.213. The van der Waals surface area contributed by atoms with Crippen LogP contribution in [0.2, 0.25) is 0 Å². The van der Waals surface area contributed by atoms with Crippen molar-refractivity contribution < 1.29 is 17.9 Å². The van der Waals surface area contributed by atoms with Gasteiger partial charge >= 0.3 is 0 Å². The molecule has 0 heterocycles.